The predicted octanol–water partition coefficient (Wildman–Crippen LogP) is 1.95. The van der Waals surface area contributed by atoms with E-state index in [1.807, 2.05) is 6.07 Å². The van der Waals surface area contributed by atoms with Crippen molar-refractivity contribution in [3.8, 4) is 11.5 Å². The smallest absolute Gasteiger partial charge is 0.272 e. The van der Waals surface area contributed by atoms with Crippen molar-refractivity contribution >= 4 is 18.3 Å². The Bertz CT molecular complexity index is 582. The Morgan fingerprint density at radius 1 is 1.52 bits per heavy atom. The molecule has 2 aromatic rings. The van der Waals surface area contributed by atoms with Crippen LogP contribution in [0.3, 0.4) is 0 Å². The Hall–Kier alpha value is -1.79. The molecule has 0 radical (unpaired) electrons. The van der Waals surface area contributed by atoms with Gasteiger partial charge in [-0.25, -0.2) is 0 Å². The number of rotatable bonds is 4. The molecular weight excluding hydrogens is 292 g/mol. The van der Waals surface area contributed by atoms with Crippen molar-refractivity contribution in [3.63, 3.8) is 0 Å². The fourth-order valence-corrected chi connectivity index (χ4v) is 2.75. The van der Waals surface area contributed by atoms with E-state index in [-0.39, 0.29) is 24.4 Å². The van der Waals surface area contributed by atoms with E-state index in [4.69, 9.17) is 10.2 Å². The summed E-state index contributed by atoms with van der Waals surface area (Å²) in [5.41, 5.74) is 6.79. The second-order valence-corrected chi connectivity index (χ2v) is 5.15. The number of aromatic amines is 1. The molecule has 1 aliphatic rings. The molecule has 2 aromatic heterocycles. The van der Waals surface area contributed by atoms with Gasteiger partial charge in [-0.2, -0.15) is 5.10 Å². The van der Waals surface area contributed by atoms with Gasteiger partial charge in [0.1, 0.15) is 5.69 Å². The van der Waals surface area contributed by atoms with E-state index in [1.165, 1.54) is 0 Å². The van der Waals surface area contributed by atoms with Crippen molar-refractivity contribution in [1.82, 2.24) is 15.5 Å². The van der Waals surface area contributed by atoms with Crippen LogP contribution in [0.5, 0.6) is 0 Å². The molecule has 0 aromatic carbocycles. The average Bonchev–Trinajstić information content (AvgIpc) is 3.19. The third kappa shape index (κ3) is 3.28. The van der Waals surface area contributed by atoms with Gasteiger partial charge in [-0.3, -0.25) is 9.89 Å². The van der Waals surface area contributed by atoms with E-state index in [2.05, 4.69) is 15.5 Å². The normalized spacial score (nSPS) is 21.0. The van der Waals surface area contributed by atoms with Crippen LogP contribution < -0.4 is 11.1 Å². The molecule has 0 aliphatic heterocycles. The summed E-state index contributed by atoms with van der Waals surface area (Å²) in [7, 11) is 0. The van der Waals surface area contributed by atoms with E-state index >= 15 is 0 Å². The maximum absolute atomic E-state index is 12.2. The molecule has 1 saturated carbocycles. The number of carbonyl (C=O) groups is 1. The maximum atomic E-state index is 12.2. The Balaban J connectivity index is 0.00000161. The lowest BCUT2D eigenvalue weighted by Crippen LogP contribution is -2.40. The zero-order valence-corrected chi connectivity index (χ0v) is 12.4. The van der Waals surface area contributed by atoms with E-state index < -0.39 is 0 Å². The van der Waals surface area contributed by atoms with Crippen LogP contribution in [-0.4, -0.2) is 28.7 Å². The van der Waals surface area contributed by atoms with Gasteiger partial charge >= 0.3 is 0 Å². The van der Waals surface area contributed by atoms with Crippen LogP contribution in [-0.2, 0) is 0 Å². The lowest BCUT2D eigenvalue weighted by molar-refractivity contribution is 0.0923. The van der Waals surface area contributed by atoms with Crippen molar-refractivity contribution in [3.05, 3.63) is 30.2 Å². The molecule has 1 fully saturated rings. The Labute approximate surface area is 128 Å². The molecule has 2 heterocycles. The fraction of sp³-hybridized carbons (Fsp3) is 0.429. The molecule has 0 spiro atoms. The molecule has 4 N–H and O–H groups in total. The summed E-state index contributed by atoms with van der Waals surface area (Å²) in [6.07, 6.45) is 4.77. The third-order valence-corrected chi connectivity index (χ3v) is 3.88. The molecule has 0 saturated heterocycles. The molecule has 1 aliphatic carbocycles. The molecule has 6 nitrogen and oxygen atoms in total. The quantitative estimate of drug-likeness (QED) is 0.804. The average molecular weight is 311 g/mol. The minimum Gasteiger partial charge on any atom is -0.463 e. The number of furan rings is 1. The van der Waals surface area contributed by atoms with Gasteiger partial charge in [0, 0.05) is 12.1 Å². The van der Waals surface area contributed by atoms with Crippen LogP contribution in [0, 0.1) is 5.92 Å². The minimum atomic E-state index is -0.163. The first-order chi connectivity index (χ1) is 9.78. The SMILES string of the molecule is Cl.NCC1CCCC1NC(=O)c1cc(-c2ccco2)[nH]n1. The third-order valence-electron chi connectivity index (χ3n) is 3.88. The molecule has 114 valence electrons. The maximum Gasteiger partial charge on any atom is 0.272 e. The highest BCUT2D eigenvalue weighted by Gasteiger charge is 2.28. The van der Waals surface area contributed by atoms with Crippen molar-refractivity contribution in [1.29, 1.82) is 0 Å². The Morgan fingerprint density at radius 2 is 2.38 bits per heavy atom. The van der Waals surface area contributed by atoms with Gasteiger partial charge in [-0.05, 0) is 37.4 Å². The molecule has 1 amide bonds. The zero-order chi connectivity index (χ0) is 13.9. The van der Waals surface area contributed by atoms with E-state index in [9.17, 15) is 4.79 Å². The lowest BCUT2D eigenvalue weighted by Gasteiger charge is -2.18. The second kappa shape index (κ2) is 6.78. The standard InChI is InChI=1S/C14H18N4O2.ClH/c15-8-9-3-1-4-10(9)16-14(19)12-7-11(17-18-12)13-5-2-6-20-13;/h2,5-7,9-10H,1,3-4,8,15H2,(H,16,19)(H,17,18);1H. The number of H-pyrrole nitrogens is 1. The number of hydrogen-bond acceptors (Lipinski definition) is 4. The highest BCUT2D eigenvalue weighted by Crippen LogP contribution is 2.25. The van der Waals surface area contributed by atoms with Crippen molar-refractivity contribution in [2.45, 2.75) is 25.3 Å². The monoisotopic (exact) mass is 310 g/mol. The number of nitrogens with two attached hydrogens (primary N) is 1. The summed E-state index contributed by atoms with van der Waals surface area (Å²) in [6, 6.07) is 5.47. The van der Waals surface area contributed by atoms with Crippen molar-refractivity contribution in [2.24, 2.45) is 11.7 Å². The number of aromatic nitrogens is 2. The molecule has 2 atom stereocenters. The topological polar surface area (TPSA) is 96.9 Å². The second-order valence-electron chi connectivity index (χ2n) is 5.15. The van der Waals surface area contributed by atoms with Crippen LogP contribution in [0.1, 0.15) is 29.8 Å². The van der Waals surface area contributed by atoms with Crippen LogP contribution in [0.4, 0.5) is 0 Å². The molecule has 21 heavy (non-hydrogen) atoms. The van der Waals surface area contributed by atoms with Gasteiger partial charge in [-0.1, -0.05) is 6.42 Å². The van der Waals surface area contributed by atoms with Crippen molar-refractivity contribution < 1.29 is 9.21 Å². The number of nitrogens with one attached hydrogen (secondary N) is 2. The number of amides is 1. The first-order valence-corrected chi connectivity index (χ1v) is 6.88. The summed E-state index contributed by atoms with van der Waals surface area (Å²) in [6.45, 7) is 0.614. The predicted molar refractivity (Wildman–Crippen MR) is 81.2 cm³/mol. The summed E-state index contributed by atoms with van der Waals surface area (Å²) < 4.78 is 5.26. The van der Waals surface area contributed by atoms with Gasteiger partial charge in [0.2, 0.25) is 0 Å². The van der Waals surface area contributed by atoms with Gasteiger partial charge in [0.15, 0.2) is 11.5 Å². The fourth-order valence-electron chi connectivity index (χ4n) is 2.75. The number of hydrogen-bond donors (Lipinski definition) is 3. The van der Waals surface area contributed by atoms with Crippen LogP contribution in [0.15, 0.2) is 28.9 Å². The Morgan fingerprint density at radius 3 is 3.10 bits per heavy atom. The van der Waals surface area contributed by atoms with Gasteiger partial charge in [-0.15, -0.1) is 12.4 Å². The first-order valence-electron chi connectivity index (χ1n) is 6.88. The van der Waals surface area contributed by atoms with E-state index in [1.54, 1.807) is 18.4 Å². The zero-order valence-electron chi connectivity index (χ0n) is 11.5. The van der Waals surface area contributed by atoms with E-state index in [0.717, 1.165) is 19.3 Å². The molecule has 0 bridgehead atoms. The van der Waals surface area contributed by atoms with E-state index in [0.29, 0.717) is 29.6 Å². The first kappa shape index (κ1) is 15.6. The number of nitrogens with zero attached hydrogens (tertiary/aromatic N) is 1. The van der Waals surface area contributed by atoms with Crippen LogP contribution in [0.2, 0.25) is 0 Å². The summed E-state index contributed by atoms with van der Waals surface area (Å²) in [5, 5.41) is 9.87. The highest BCUT2D eigenvalue weighted by atomic mass is 35.5. The van der Waals surface area contributed by atoms with Crippen LogP contribution >= 0.6 is 12.4 Å². The van der Waals surface area contributed by atoms with Gasteiger partial charge in [0.25, 0.3) is 5.91 Å². The summed E-state index contributed by atoms with van der Waals surface area (Å²) in [4.78, 5) is 12.2. The Kier molecular flexibility index (Phi) is 5.03. The largest absolute Gasteiger partial charge is 0.463 e. The molecule has 7 heteroatoms. The molecular formula is C14H19ClN4O2. The minimum absolute atomic E-state index is 0. The van der Waals surface area contributed by atoms with Gasteiger partial charge in [0.05, 0.1) is 6.26 Å². The summed E-state index contributed by atoms with van der Waals surface area (Å²) >= 11 is 0. The lowest BCUT2D eigenvalue weighted by atomic mass is 10.0. The number of carbonyl (C=O) groups excluding carboxylic acids is 1. The highest BCUT2D eigenvalue weighted by molar-refractivity contribution is 5.93. The number of halogens is 1. The van der Waals surface area contributed by atoms with Crippen molar-refractivity contribution in [2.75, 3.05) is 6.54 Å². The molecule has 3 rings (SSSR count). The van der Waals surface area contributed by atoms with Crippen LogP contribution in [0.25, 0.3) is 11.5 Å². The van der Waals surface area contributed by atoms with Gasteiger partial charge < -0.3 is 15.5 Å². The summed E-state index contributed by atoms with van der Waals surface area (Å²) in [5.74, 6) is 0.879. The molecule has 2 unspecified atom stereocenters.